The first-order valence-electron chi connectivity index (χ1n) is 7.89. The Balaban J connectivity index is 1.82. The lowest BCUT2D eigenvalue weighted by Crippen LogP contribution is -2.49. The number of aromatic nitrogens is 3. The Morgan fingerprint density at radius 1 is 1.17 bits per heavy atom. The lowest BCUT2D eigenvalue weighted by Gasteiger charge is -2.37. The average Bonchev–Trinajstić information content (AvgIpc) is 2.96. The molecule has 0 aliphatic carbocycles. The van der Waals surface area contributed by atoms with Crippen molar-refractivity contribution in [3.63, 3.8) is 0 Å². The molecule has 0 saturated heterocycles. The van der Waals surface area contributed by atoms with Gasteiger partial charge in [0.05, 0.1) is 28.6 Å². The van der Waals surface area contributed by atoms with Gasteiger partial charge in [0, 0.05) is 17.8 Å². The standard InChI is InChI=1S/C18H21BN3O2/c1-17(2,23)18(3,4)24-19-14-7-8-16-13(10-14)12-22(21-16)15-6-5-9-20-11-15/h5-12,23H,1-4H3. The van der Waals surface area contributed by atoms with Gasteiger partial charge in [-0.15, -0.1) is 0 Å². The van der Waals surface area contributed by atoms with E-state index >= 15 is 0 Å². The maximum Gasteiger partial charge on any atom is 0.330 e. The van der Waals surface area contributed by atoms with E-state index in [0.717, 1.165) is 22.1 Å². The molecule has 24 heavy (non-hydrogen) atoms. The molecular weight excluding hydrogens is 301 g/mol. The first-order valence-corrected chi connectivity index (χ1v) is 7.89. The van der Waals surface area contributed by atoms with Crippen molar-refractivity contribution in [2.45, 2.75) is 38.9 Å². The van der Waals surface area contributed by atoms with Gasteiger partial charge in [-0.3, -0.25) is 4.98 Å². The first-order chi connectivity index (χ1) is 11.3. The molecule has 0 saturated carbocycles. The van der Waals surface area contributed by atoms with Crippen LogP contribution in [0.25, 0.3) is 16.6 Å². The van der Waals surface area contributed by atoms with Crippen LogP contribution in [0.5, 0.6) is 0 Å². The molecule has 123 valence electrons. The molecule has 3 aromatic rings. The van der Waals surface area contributed by atoms with E-state index in [1.807, 2.05) is 55.1 Å². The molecule has 0 amide bonds. The van der Waals surface area contributed by atoms with Crippen LogP contribution in [0.1, 0.15) is 27.7 Å². The second kappa shape index (κ2) is 6.04. The molecule has 0 bridgehead atoms. The van der Waals surface area contributed by atoms with E-state index < -0.39 is 11.2 Å². The zero-order valence-corrected chi connectivity index (χ0v) is 14.4. The molecule has 0 fully saturated rings. The topological polar surface area (TPSA) is 60.2 Å². The van der Waals surface area contributed by atoms with Crippen LogP contribution in [-0.2, 0) is 4.65 Å². The van der Waals surface area contributed by atoms with Crippen LogP contribution < -0.4 is 5.46 Å². The lowest BCUT2D eigenvalue weighted by atomic mass is 9.82. The Kier molecular flexibility index (Phi) is 4.19. The molecule has 5 nitrogen and oxygen atoms in total. The molecular formula is C18H21BN3O2. The van der Waals surface area contributed by atoms with E-state index in [-0.39, 0.29) is 0 Å². The van der Waals surface area contributed by atoms with Gasteiger partial charge in [-0.25, -0.2) is 4.68 Å². The number of fused-ring (bicyclic) bond motifs is 1. The highest BCUT2D eigenvalue weighted by Crippen LogP contribution is 2.24. The fourth-order valence-corrected chi connectivity index (χ4v) is 2.10. The van der Waals surface area contributed by atoms with Gasteiger partial charge in [0.25, 0.3) is 0 Å². The summed E-state index contributed by atoms with van der Waals surface area (Å²) < 4.78 is 7.62. The fraction of sp³-hybridized carbons (Fsp3) is 0.333. The second-order valence-corrected chi connectivity index (χ2v) is 6.91. The first kappa shape index (κ1) is 16.7. The summed E-state index contributed by atoms with van der Waals surface area (Å²) in [4.78, 5) is 4.12. The highest BCUT2D eigenvalue weighted by Gasteiger charge is 2.35. The molecule has 1 radical (unpaired) electrons. The van der Waals surface area contributed by atoms with Gasteiger partial charge in [0.2, 0.25) is 0 Å². The Hall–Kier alpha value is -2.18. The molecule has 0 unspecified atom stereocenters. The predicted molar refractivity (Wildman–Crippen MR) is 95.7 cm³/mol. The molecule has 6 heteroatoms. The third-order valence-corrected chi connectivity index (χ3v) is 4.40. The Morgan fingerprint density at radius 3 is 2.62 bits per heavy atom. The molecule has 0 aliphatic heterocycles. The molecule has 1 aromatic carbocycles. The SMILES string of the molecule is CC(C)(O)C(C)(C)O[B]c1ccc2nn(-c3cccnc3)cc2c1. The number of pyridine rings is 1. The van der Waals surface area contributed by atoms with Gasteiger partial charge >= 0.3 is 7.48 Å². The van der Waals surface area contributed by atoms with Crippen molar-refractivity contribution in [3.8, 4) is 5.69 Å². The summed E-state index contributed by atoms with van der Waals surface area (Å²) in [5.41, 5.74) is 1.10. The minimum absolute atomic E-state index is 0.693. The summed E-state index contributed by atoms with van der Waals surface area (Å²) in [7, 11) is 1.68. The Bertz CT molecular complexity index is 838. The van der Waals surface area contributed by atoms with Crippen molar-refractivity contribution >= 4 is 23.8 Å². The summed E-state index contributed by atoms with van der Waals surface area (Å²) in [6, 6.07) is 9.75. The molecule has 0 aliphatic rings. The predicted octanol–water partition coefficient (Wildman–Crippen LogP) is 2.23. The van der Waals surface area contributed by atoms with Crippen LogP contribution in [0.2, 0.25) is 0 Å². The summed E-state index contributed by atoms with van der Waals surface area (Å²) >= 11 is 0. The van der Waals surface area contributed by atoms with Gasteiger partial charge < -0.3 is 9.76 Å². The molecule has 2 aromatic heterocycles. The van der Waals surface area contributed by atoms with E-state index in [2.05, 4.69) is 10.1 Å². The maximum atomic E-state index is 10.2. The summed E-state index contributed by atoms with van der Waals surface area (Å²) in [6.45, 7) is 7.20. The number of benzene rings is 1. The fourth-order valence-electron chi connectivity index (χ4n) is 2.10. The van der Waals surface area contributed by atoms with Gasteiger partial charge in [0.15, 0.2) is 0 Å². The van der Waals surface area contributed by atoms with Gasteiger partial charge in [0.1, 0.15) is 0 Å². The molecule has 1 N–H and O–H groups in total. The van der Waals surface area contributed by atoms with Crippen molar-refractivity contribution in [3.05, 3.63) is 48.9 Å². The summed E-state index contributed by atoms with van der Waals surface area (Å²) in [6.07, 6.45) is 5.47. The van der Waals surface area contributed by atoms with E-state index in [4.69, 9.17) is 4.65 Å². The van der Waals surface area contributed by atoms with Crippen LogP contribution in [0, 0.1) is 0 Å². The van der Waals surface area contributed by atoms with E-state index in [9.17, 15) is 5.11 Å². The third kappa shape index (κ3) is 3.35. The van der Waals surface area contributed by atoms with Gasteiger partial charge in [-0.05, 0) is 45.9 Å². The van der Waals surface area contributed by atoms with Crippen molar-refractivity contribution < 1.29 is 9.76 Å². The van der Waals surface area contributed by atoms with E-state index in [1.165, 1.54) is 0 Å². The number of hydrogen-bond donors (Lipinski definition) is 1. The van der Waals surface area contributed by atoms with Gasteiger partial charge in [-0.1, -0.05) is 17.6 Å². The molecule has 0 spiro atoms. The van der Waals surface area contributed by atoms with Gasteiger partial charge in [-0.2, -0.15) is 5.10 Å². The lowest BCUT2D eigenvalue weighted by molar-refractivity contribution is -0.0893. The van der Waals surface area contributed by atoms with E-state index in [0.29, 0.717) is 0 Å². The monoisotopic (exact) mass is 322 g/mol. The van der Waals surface area contributed by atoms with Crippen LogP contribution >= 0.6 is 0 Å². The van der Waals surface area contributed by atoms with Crippen LogP contribution in [0.3, 0.4) is 0 Å². The highest BCUT2D eigenvalue weighted by atomic mass is 16.5. The van der Waals surface area contributed by atoms with Crippen LogP contribution in [0.4, 0.5) is 0 Å². The van der Waals surface area contributed by atoms with Crippen molar-refractivity contribution in [2.24, 2.45) is 0 Å². The van der Waals surface area contributed by atoms with Crippen molar-refractivity contribution in [1.82, 2.24) is 14.8 Å². The highest BCUT2D eigenvalue weighted by molar-refractivity contribution is 6.47. The molecule has 0 atom stereocenters. The largest absolute Gasteiger partial charge is 0.427 e. The average molecular weight is 322 g/mol. The molecule has 2 heterocycles. The second-order valence-electron chi connectivity index (χ2n) is 6.91. The minimum atomic E-state index is -0.946. The quantitative estimate of drug-likeness (QED) is 0.732. The summed E-state index contributed by atoms with van der Waals surface area (Å²) in [5, 5.41) is 15.7. The maximum absolute atomic E-state index is 10.2. The number of nitrogens with zero attached hydrogens (tertiary/aromatic N) is 3. The Morgan fingerprint density at radius 2 is 1.96 bits per heavy atom. The summed E-state index contributed by atoms with van der Waals surface area (Å²) in [5.74, 6) is 0. The smallest absolute Gasteiger partial charge is 0.330 e. The number of hydrogen-bond acceptors (Lipinski definition) is 4. The Labute approximate surface area is 142 Å². The minimum Gasteiger partial charge on any atom is -0.427 e. The zero-order valence-electron chi connectivity index (χ0n) is 14.4. The normalized spacial score (nSPS) is 12.5. The third-order valence-electron chi connectivity index (χ3n) is 4.40. The van der Waals surface area contributed by atoms with Crippen LogP contribution in [0.15, 0.2) is 48.9 Å². The van der Waals surface area contributed by atoms with Crippen molar-refractivity contribution in [2.75, 3.05) is 0 Å². The van der Waals surface area contributed by atoms with Crippen LogP contribution in [-0.4, -0.2) is 38.6 Å². The van der Waals surface area contributed by atoms with Crippen molar-refractivity contribution in [1.29, 1.82) is 0 Å². The molecule has 3 rings (SSSR count). The zero-order chi connectivity index (χ0) is 17.4. The number of aliphatic hydroxyl groups is 1. The number of rotatable bonds is 5. The van der Waals surface area contributed by atoms with E-state index in [1.54, 1.807) is 33.7 Å².